The van der Waals surface area contributed by atoms with Crippen molar-refractivity contribution < 1.29 is 9.18 Å². The summed E-state index contributed by atoms with van der Waals surface area (Å²) in [6, 6.07) is 11.9. The smallest absolute Gasteiger partial charge is 0.253 e. The number of benzene rings is 2. The molecule has 0 radical (unpaired) electrons. The third-order valence-electron chi connectivity index (χ3n) is 3.68. The van der Waals surface area contributed by atoms with Crippen molar-refractivity contribution in [2.24, 2.45) is 7.05 Å². The number of imidazole rings is 1. The van der Waals surface area contributed by atoms with E-state index in [-0.39, 0.29) is 18.3 Å². The molecule has 5 heteroatoms. The van der Waals surface area contributed by atoms with Crippen LogP contribution in [0.5, 0.6) is 0 Å². The Labute approximate surface area is 127 Å². The second kappa shape index (κ2) is 5.60. The minimum atomic E-state index is -0.303. The van der Waals surface area contributed by atoms with Gasteiger partial charge >= 0.3 is 0 Å². The van der Waals surface area contributed by atoms with Gasteiger partial charge in [-0.1, -0.05) is 18.2 Å². The Kier molecular flexibility index (Phi) is 3.63. The summed E-state index contributed by atoms with van der Waals surface area (Å²) in [7, 11) is 3.57. The molecule has 0 atom stereocenters. The number of aryl methyl sites for hydroxylation is 1. The van der Waals surface area contributed by atoms with Gasteiger partial charge in [-0.25, -0.2) is 9.37 Å². The Morgan fingerprint density at radius 3 is 2.82 bits per heavy atom. The topological polar surface area (TPSA) is 38.1 Å². The van der Waals surface area contributed by atoms with Crippen LogP contribution in [0.2, 0.25) is 0 Å². The summed E-state index contributed by atoms with van der Waals surface area (Å²) in [5.74, 6) is -0.460. The van der Waals surface area contributed by atoms with Crippen LogP contribution < -0.4 is 0 Å². The first-order valence-corrected chi connectivity index (χ1v) is 6.96. The van der Waals surface area contributed by atoms with Gasteiger partial charge in [0.2, 0.25) is 0 Å². The monoisotopic (exact) mass is 297 g/mol. The van der Waals surface area contributed by atoms with E-state index < -0.39 is 0 Å². The van der Waals surface area contributed by atoms with Crippen molar-refractivity contribution >= 4 is 16.9 Å². The lowest BCUT2D eigenvalue weighted by atomic mass is 10.1. The van der Waals surface area contributed by atoms with Crippen molar-refractivity contribution in [3.63, 3.8) is 0 Å². The Morgan fingerprint density at radius 1 is 1.27 bits per heavy atom. The molecule has 112 valence electrons. The fourth-order valence-corrected chi connectivity index (χ4v) is 2.44. The van der Waals surface area contributed by atoms with Gasteiger partial charge in [-0.15, -0.1) is 0 Å². The van der Waals surface area contributed by atoms with Crippen molar-refractivity contribution in [2.45, 2.75) is 6.54 Å². The largest absolute Gasteiger partial charge is 0.337 e. The molecule has 0 N–H and O–H groups in total. The Morgan fingerprint density at radius 2 is 2.05 bits per heavy atom. The van der Waals surface area contributed by atoms with E-state index in [1.165, 1.54) is 11.0 Å². The van der Waals surface area contributed by atoms with Gasteiger partial charge in [-0.05, 0) is 24.3 Å². The number of nitrogens with zero attached hydrogens (tertiary/aromatic N) is 3. The zero-order chi connectivity index (χ0) is 15.7. The van der Waals surface area contributed by atoms with Gasteiger partial charge in [0.05, 0.1) is 17.4 Å². The Hall–Kier alpha value is -2.69. The summed E-state index contributed by atoms with van der Waals surface area (Å²) in [5, 5.41) is 0. The number of rotatable bonds is 3. The van der Waals surface area contributed by atoms with Gasteiger partial charge in [0, 0.05) is 31.8 Å². The van der Waals surface area contributed by atoms with Crippen LogP contribution in [0.3, 0.4) is 0 Å². The maximum Gasteiger partial charge on any atom is 0.253 e. The fraction of sp³-hybridized carbons (Fsp3) is 0.176. The van der Waals surface area contributed by atoms with Crippen LogP contribution in [-0.4, -0.2) is 27.4 Å². The lowest BCUT2D eigenvalue weighted by molar-refractivity contribution is 0.0784. The molecule has 0 saturated carbocycles. The van der Waals surface area contributed by atoms with E-state index >= 15 is 0 Å². The van der Waals surface area contributed by atoms with Gasteiger partial charge in [0.15, 0.2) is 0 Å². The average Bonchev–Trinajstić information content (AvgIpc) is 2.89. The van der Waals surface area contributed by atoms with Crippen molar-refractivity contribution in [1.82, 2.24) is 14.5 Å². The van der Waals surface area contributed by atoms with E-state index in [9.17, 15) is 9.18 Å². The first-order valence-electron chi connectivity index (χ1n) is 6.96. The number of halogens is 1. The molecule has 0 bridgehead atoms. The van der Waals surface area contributed by atoms with Crippen LogP contribution in [0.25, 0.3) is 11.0 Å². The standard InChI is InChI=1S/C17H16FN3O/c1-20(10-13-5-3-4-6-14(13)18)17(22)12-7-8-16-15(9-12)19-11-21(16)2/h3-9,11H,10H2,1-2H3. The van der Waals surface area contributed by atoms with Gasteiger partial charge in [-0.2, -0.15) is 0 Å². The maximum absolute atomic E-state index is 13.7. The second-order valence-electron chi connectivity index (χ2n) is 5.31. The van der Waals surface area contributed by atoms with Gasteiger partial charge in [0.25, 0.3) is 5.91 Å². The SMILES string of the molecule is CN(Cc1ccccc1F)C(=O)c1ccc2c(c1)ncn2C. The molecular weight excluding hydrogens is 281 g/mol. The third kappa shape index (κ3) is 2.57. The molecule has 3 aromatic rings. The van der Waals surface area contributed by atoms with E-state index in [4.69, 9.17) is 0 Å². The molecule has 0 aliphatic rings. The molecule has 1 heterocycles. The molecule has 1 amide bonds. The lowest BCUT2D eigenvalue weighted by Gasteiger charge is -2.17. The minimum absolute atomic E-state index is 0.157. The number of aromatic nitrogens is 2. The molecule has 0 spiro atoms. The Balaban J connectivity index is 1.83. The normalized spacial score (nSPS) is 10.9. The number of amides is 1. The van der Waals surface area contributed by atoms with Crippen molar-refractivity contribution in [3.05, 3.63) is 65.7 Å². The molecule has 0 unspecified atom stereocenters. The van der Waals surface area contributed by atoms with Gasteiger partial charge < -0.3 is 9.47 Å². The summed E-state index contributed by atoms with van der Waals surface area (Å²) in [6.45, 7) is 0.228. The molecule has 0 fully saturated rings. The molecule has 22 heavy (non-hydrogen) atoms. The van der Waals surface area contributed by atoms with E-state index in [0.717, 1.165) is 11.0 Å². The molecule has 3 rings (SSSR count). The van der Waals surface area contributed by atoms with Crippen LogP contribution in [-0.2, 0) is 13.6 Å². The number of carbonyl (C=O) groups is 1. The van der Waals surface area contributed by atoms with Crippen molar-refractivity contribution in [2.75, 3.05) is 7.05 Å². The highest BCUT2D eigenvalue weighted by molar-refractivity contribution is 5.97. The van der Waals surface area contributed by atoms with E-state index in [1.54, 1.807) is 43.7 Å². The highest BCUT2D eigenvalue weighted by atomic mass is 19.1. The number of fused-ring (bicyclic) bond motifs is 1. The molecule has 0 aliphatic heterocycles. The van der Waals surface area contributed by atoms with E-state index in [0.29, 0.717) is 11.1 Å². The highest BCUT2D eigenvalue weighted by Crippen LogP contribution is 2.16. The molecule has 2 aromatic carbocycles. The van der Waals surface area contributed by atoms with Crippen LogP contribution in [0.4, 0.5) is 4.39 Å². The predicted octanol–water partition coefficient (Wildman–Crippen LogP) is 2.98. The fourth-order valence-electron chi connectivity index (χ4n) is 2.44. The second-order valence-corrected chi connectivity index (χ2v) is 5.31. The third-order valence-corrected chi connectivity index (χ3v) is 3.68. The summed E-state index contributed by atoms with van der Waals surface area (Å²) in [4.78, 5) is 18.2. The molecule has 1 aromatic heterocycles. The first kappa shape index (κ1) is 14.3. The zero-order valence-electron chi connectivity index (χ0n) is 12.5. The molecular formula is C17H16FN3O. The van der Waals surface area contributed by atoms with Gasteiger partial charge in [-0.3, -0.25) is 4.79 Å². The van der Waals surface area contributed by atoms with Crippen LogP contribution in [0.1, 0.15) is 15.9 Å². The summed E-state index contributed by atoms with van der Waals surface area (Å²) < 4.78 is 15.6. The Bertz CT molecular complexity index is 841. The van der Waals surface area contributed by atoms with Crippen molar-refractivity contribution in [3.8, 4) is 0 Å². The summed E-state index contributed by atoms with van der Waals surface area (Å²) in [5.41, 5.74) is 2.78. The first-order chi connectivity index (χ1) is 10.6. The molecule has 0 aliphatic carbocycles. The minimum Gasteiger partial charge on any atom is -0.337 e. The van der Waals surface area contributed by atoms with Gasteiger partial charge in [0.1, 0.15) is 5.82 Å². The summed E-state index contributed by atoms with van der Waals surface area (Å²) >= 11 is 0. The van der Waals surface area contributed by atoms with Crippen molar-refractivity contribution in [1.29, 1.82) is 0 Å². The maximum atomic E-state index is 13.7. The zero-order valence-corrected chi connectivity index (χ0v) is 12.5. The summed E-state index contributed by atoms with van der Waals surface area (Å²) in [6.07, 6.45) is 1.71. The van der Waals surface area contributed by atoms with E-state index in [1.807, 2.05) is 17.7 Å². The lowest BCUT2D eigenvalue weighted by Crippen LogP contribution is -2.26. The predicted molar refractivity (Wildman–Crippen MR) is 82.9 cm³/mol. The molecule has 4 nitrogen and oxygen atoms in total. The van der Waals surface area contributed by atoms with Crippen LogP contribution >= 0.6 is 0 Å². The quantitative estimate of drug-likeness (QED) is 0.745. The van der Waals surface area contributed by atoms with Crippen LogP contribution in [0, 0.1) is 5.82 Å². The number of hydrogen-bond acceptors (Lipinski definition) is 2. The highest BCUT2D eigenvalue weighted by Gasteiger charge is 2.15. The van der Waals surface area contributed by atoms with Crippen LogP contribution in [0.15, 0.2) is 48.8 Å². The number of hydrogen-bond donors (Lipinski definition) is 0. The molecule has 0 saturated heterocycles. The number of carbonyl (C=O) groups excluding carboxylic acids is 1. The average molecular weight is 297 g/mol. The van der Waals surface area contributed by atoms with E-state index in [2.05, 4.69) is 4.98 Å².